The summed E-state index contributed by atoms with van der Waals surface area (Å²) in [7, 11) is 0. The summed E-state index contributed by atoms with van der Waals surface area (Å²) < 4.78 is 5.53. The number of hydrogen-bond acceptors (Lipinski definition) is 4. The lowest BCUT2D eigenvalue weighted by molar-refractivity contribution is -0.128. The van der Waals surface area contributed by atoms with Gasteiger partial charge in [0.05, 0.1) is 5.69 Å². The molecule has 3 N–H and O–H groups in total. The molecule has 0 aromatic heterocycles. The first-order chi connectivity index (χ1) is 9.90. The molecule has 0 fully saturated rings. The topological polar surface area (TPSA) is 84.7 Å². The fourth-order valence-corrected chi connectivity index (χ4v) is 2.17. The molecule has 1 atom stereocenters. The highest BCUT2D eigenvalue weighted by atomic mass is 16.5. The molecule has 21 heavy (non-hydrogen) atoms. The van der Waals surface area contributed by atoms with Crippen LogP contribution in [0.15, 0.2) is 18.2 Å². The average molecular weight is 291 g/mol. The second-order valence-corrected chi connectivity index (χ2v) is 5.58. The molecule has 1 heterocycles. The lowest BCUT2D eigenvalue weighted by Crippen LogP contribution is -2.49. The first kappa shape index (κ1) is 15.2. The maximum absolute atomic E-state index is 12.3. The van der Waals surface area contributed by atoms with Gasteiger partial charge in [0.2, 0.25) is 5.91 Å². The van der Waals surface area contributed by atoms with Crippen molar-refractivity contribution in [2.75, 3.05) is 23.7 Å². The molecule has 0 radical (unpaired) electrons. The van der Waals surface area contributed by atoms with E-state index < -0.39 is 6.10 Å². The van der Waals surface area contributed by atoms with E-state index in [2.05, 4.69) is 5.32 Å². The fourth-order valence-electron chi connectivity index (χ4n) is 2.17. The molecule has 2 amide bonds. The van der Waals surface area contributed by atoms with Crippen molar-refractivity contribution >= 4 is 23.2 Å². The predicted molar refractivity (Wildman–Crippen MR) is 81.1 cm³/mol. The normalized spacial score (nSPS) is 17.4. The number of carbonyl (C=O) groups is 2. The van der Waals surface area contributed by atoms with Gasteiger partial charge in [0.1, 0.15) is 18.0 Å². The molecule has 1 unspecified atom stereocenters. The highest BCUT2D eigenvalue weighted by Gasteiger charge is 2.34. The van der Waals surface area contributed by atoms with Crippen LogP contribution >= 0.6 is 0 Å². The SMILES string of the molecule is CC(C)CNC(=O)CN1C(=O)C(C)Oc2cccc(N)c21. The number of anilines is 2. The molecule has 0 bridgehead atoms. The number of para-hydroxylation sites is 1. The minimum Gasteiger partial charge on any atom is -0.479 e. The number of nitrogen functional groups attached to an aromatic ring is 1. The third kappa shape index (κ3) is 3.26. The van der Waals surface area contributed by atoms with E-state index in [1.165, 1.54) is 4.90 Å². The Hall–Kier alpha value is -2.24. The van der Waals surface area contributed by atoms with Gasteiger partial charge in [-0.05, 0) is 25.0 Å². The monoisotopic (exact) mass is 291 g/mol. The molecule has 1 aliphatic heterocycles. The second-order valence-electron chi connectivity index (χ2n) is 5.58. The van der Waals surface area contributed by atoms with Crippen molar-refractivity contribution in [2.24, 2.45) is 5.92 Å². The van der Waals surface area contributed by atoms with Crippen LogP contribution in [0.4, 0.5) is 11.4 Å². The van der Waals surface area contributed by atoms with Crippen LogP contribution in [0.25, 0.3) is 0 Å². The Balaban J connectivity index is 2.22. The van der Waals surface area contributed by atoms with Gasteiger partial charge in [0.25, 0.3) is 5.91 Å². The van der Waals surface area contributed by atoms with Gasteiger partial charge in [0, 0.05) is 6.54 Å². The molecule has 6 heteroatoms. The van der Waals surface area contributed by atoms with Crippen LogP contribution < -0.4 is 20.7 Å². The third-order valence-electron chi connectivity index (χ3n) is 3.23. The van der Waals surface area contributed by atoms with Crippen molar-refractivity contribution in [1.82, 2.24) is 5.32 Å². The van der Waals surface area contributed by atoms with Crippen LogP contribution in [0, 0.1) is 5.92 Å². The molecule has 0 aliphatic carbocycles. The van der Waals surface area contributed by atoms with Gasteiger partial charge in [-0.2, -0.15) is 0 Å². The van der Waals surface area contributed by atoms with E-state index in [4.69, 9.17) is 10.5 Å². The zero-order chi connectivity index (χ0) is 15.6. The number of rotatable bonds is 4. The molecule has 2 rings (SSSR count). The average Bonchev–Trinajstić information content (AvgIpc) is 2.41. The zero-order valence-corrected chi connectivity index (χ0v) is 12.6. The van der Waals surface area contributed by atoms with Crippen molar-refractivity contribution in [1.29, 1.82) is 0 Å². The molecular formula is C15H21N3O3. The Labute approximate surface area is 124 Å². The third-order valence-corrected chi connectivity index (χ3v) is 3.23. The van der Waals surface area contributed by atoms with Crippen LogP contribution in [0.2, 0.25) is 0 Å². The van der Waals surface area contributed by atoms with Crippen LogP contribution in [0.1, 0.15) is 20.8 Å². The minimum absolute atomic E-state index is 0.0551. The molecular weight excluding hydrogens is 270 g/mol. The Bertz CT molecular complexity index is 557. The van der Waals surface area contributed by atoms with Crippen molar-refractivity contribution in [3.63, 3.8) is 0 Å². The highest BCUT2D eigenvalue weighted by molar-refractivity contribution is 6.06. The first-order valence-corrected chi connectivity index (χ1v) is 7.03. The summed E-state index contributed by atoms with van der Waals surface area (Å²) in [5.41, 5.74) is 6.82. The van der Waals surface area contributed by atoms with Crippen molar-refractivity contribution < 1.29 is 14.3 Å². The molecule has 114 valence electrons. The number of benzene rings is 1. The lowest BCUT2D eigenvalue weighted by Gasteiger charge is -2.33. The summed E-state index contributed by atoms with van der Waals surface area (Å²) in [6, 6.07) is 5.19. The van der Waals surface area contributed by atoms with Gasteiger partial charge in [-0.25, -0.2) is 0 Å². The van der Waals surface area contributed by atoms with Crippen LogP contribution in [-0.4, -0.2) is 31.0 Å². The van der Waals surface area contributed by atoms with E-state index in [9.17, 15) is 9.59 Å². The number of nitrogens with one attached hydrogen (secondary N) is 1. The lowest BCUT2D eigenvalue weighted by atomic mass is 10.1. The standard InChI is InChI=1S/C15H21N3O3/c1-9(2)7-17-13(19)8-18-14-11(16)5-4-6-12(14)21-10(3)15(18)20/h4-6,9-10H,7-8,16H2,1-3H3,(H,17,19). The summed E-state index contributed by atoms with van der Waals surface area (Å²) in [5.74, 6) is 0.407. The fraction of sp³-hybridized carbons (Fsp3) is 0.467. The van der Waals surface area contributed by atoms with Crippen LogP contribution in [-0.2, 0) is 9.59 Å². The van der Waals surface area contributed by atoms with E-state index in [0.29, 0.717) is 29.6 Å². The number of nitrogens with two attached hydrogens (primary N) is 1. The molecule has 1 aromatic carbocycles. The van der Waals surface area contributed by atoms with Gasteiger partial charge in [-0.15, -0.1) is 0 Å². The molecule has 0 saturated heterocycles. The largest absolute Gasteiger partial charge is 0.479 e. The van der Waals surface area contributed by atoms with Gasteiger partial charge >= 0.3 is 0 Å². The summed E-state index contributed by atoms with van der Waals surface area (Å²) in [5, 5.41) is 2.80. The maximum atomic E-state index is 12.3. The van der Waals surface area contributed by atoms with E-state index in [0.717, 1.165) is 0 Å². The summed E-state index contributed by atoms with van der Waals surface area (Å²) in [6.07, 6.45) is -0.628. The van der Waals surface area contributed by atoms with Crippen molar-refractivity contribution in [2.45, 2.75) is 26.9 Å². The number of carbonyl (C=O) groups excluding carboxylic acids is 2. The first-order valence-electron chi connectivity index (χ1n) is 7.03. The van der Waals surface area contributed by atoms with Gasteiger partial charge < -0.3 is 15.8 Å². The summed E-state index contributed by atoms with van der Waals surface area (Å²) >= 11 is 0. The molecule has 0 saturated carbocycles. The maximum Gasteiger partial charge on any atom is 0.268 e. The quantitative estimate of drug-likeness (QED) is 0.815. The number of fused-ring (bicyclic) bond motifs is 1. The van der Waals surface area contributed by atoms with E-state index in [1.807, 2.05) is 13.8 Å². The summed E-state index contributed by atoms with van der Waals surface area (Å²) in [4.78, 5) is 25.7. The number of amides is 2. The van der Waals surface area contributed by atoms with Crippen molar-refractivity contribution in [3.05, 3.63) is 18.2 Å². The Morgan fingerprint density at radius 1 is 1.48 bits per heavy atom. The molecule has 1 aromatic rings. The number of nitrogens with zero attached hydrogens (tertiary/aromatic N) is 1. The van der Waals surface area contributed by atoms with Gasteiger partial charge in [-0.1, -0.05) is 19.9 Å². The minimum atomic E-state index is -0.628. The van der Waals surface area contributed by atoms with Crippen LogP contribution in [0.3, 0.4) is 0 Å². The summed E-state index contributed by atoms with van der Waals surface area (Å²) in [6.45, 7) is 6.20. The van der Waals surface area contributed by atoms with E-state index in [1.54, 1.807) is 25.1 Å². The Morgan fingerprint density at radius 3 is 2.86 bits per heavy atom. The van der Waals surface area contributed by atoms with E-state index >= 15 is 0 Å². The van der Waals surface area contributed by atoms with Crippen LogP contribution in [0.5, 0.6) is 5.75 Å². The molecule has 0 spiro atoms. The Kier molecular flexibility index (Phi) is 4.35. The predicted octanol–water partition coefficient (Wildman–Crippen LogP) is 1.15. The zero-order valence-electron chi connectivity index (χ0n) is 12.6. The van der Waals surface area contributed by atoms with Gasteiger partial charge in [-0.3, -0.25) is 14.5 Å². The molecule has 1 aliphatic rings. The van der Waals surface area contributed by atoms with Crippen molar-refractivity contribution in [3.8, 4) is 5.75 Å². The Morgan fingerprint density at radius 2 is 2.19 bits per heavy atom. The number of hydrogen-bond donors (Lipinski definition) is 2. The van der Waals surface area contributed by atoms with Gasteiger partial charge in [0.15, 0.2) is 6.10 Å². The highest BCUT2D eigenvalue weighted by Crippen LogP contribution is 2.38. The molecule has 6 nitrogen and oxygen atoms in total. The smallest absolute Gasteiger partial charge is 0.268 e. The second kappa shape index (κ2) is 6.03. The number of ether oxygens (including phenoxy) is 1. The van der Waals surface area contributed by atoms with E-state index in [-0.39, 0.29) is 18.4 Å².